The summed E-state index contributed by atoms with van der Waals surface area (Å²) >= 11 is 0. The Bertz CT molecular complexity index is 720. The second-order valence-electron chi connectivity index (χ2n) is 9.09. The fourth-order valence-electron chi connectivity index (χ4n) is 4.15. The van der Waals surface area contributed by atoms with Crippen LogP contribution in [-0.4, -0.2) is 55.5 Å². The fourth-order valence-corrected chi connectivity index (χ4v) is 4.15. The molecule has 1 aromatic carbocycles. The molecule has 0 aliphatic carbocycles. The van der Waals surface area contributed by atoms with Crippen molar-refractivity contribution in [1.29, 1.82) is 0 Å². The molecule has 6 nitrogen and oxygen atoms in total. The van der Waals surface area contributed by atoms with Crippen LogP contribution in [0.15, 0.2) is 18.2 Å². The summed E-state index contributed by atoms with van der Waals surface area (Å²) in [4.78, 5) is 29.2. The number of hydrogen-bond donors (Lipinski definition) is 2. The minimum Gasteiger partial charge on any atom is -0.374 e. The number of benzene rings is 1. The molecule has 2 amide bonds. The zero-order valence-corrected chi connectivity index (χ0v) is 17.7. The maximum absolute atomic E-state index is 12.3. The van der Waals surface area contributed by atoms with Crippen LogP contribution in [0.4, 0.5) is 5.69 Å². The number of anilines is 1. The van der Waals surface area contributed by atoms with Crippen LogP contribution >= 0.6 is 0 Å². The smallest absolute Gasteiger partial charge is 0.309 e. The van der Waals surface area contributed by atoms with Gasteiger partial charge in [-0.05, 0) is 70.3 Å². The highest BCUT2D eigenvalue weighted by Gasteiger charge is 2.27. The number of nitrogens with zero attached hydrogens (tertiary/aromatic N) is 2. The summed E-state index contributed by atoms with van der Waals surface area (Å²) in [5.41, 5.74) is 3.48. The van der Waals surface area contributed by atoms with Crippen LogP contribution in [0.2, 0.25) is 0 Å². The Kier molecular flexibility index (Phi) is 6.28. The van der Waals surface area contributed by atoms with Crippen molar-refractivity contribution in [2.75, 3.05) is 38.1 Å². The van der Waals surface area contributed by atoms with Gasteiger partial charge < -0.3 is 15.5 Å². The number of carbonyl (C=O) groups excluding carboxylic acids is 2. The molecule has 2 aliphatic rings. The number of fused-ring (bicyclic) bond motifs is 1. The van der Waals surface area contributed by atoms with E-state index in [9.17, 15) is 9.59 Å². The van der Waals surface area contributed by atoms with Crippen LogP contribution in [0, 0.1) is 0 Å². The molecule has 0 bridgehead atoms. The van der Waals surface area contributed by atoms with Crippen LogP contribution in [0.3, 0.4) is 0 Å². The van der Waals surface area contributed by atoms with Crippen LogP contribution in [-0.2, 0) is 16.0 Å². The Labute approximate surface area is 168 Å². The first-order valence-corrected chi connectivity index (χ1v) is 10.4. The number of hydrogen-bond acceptors (Lipinski definition) is 4. The van der Waals surface area contributed by atoms with Gasteiger partial charge in [0.05, 0.1) is 6.04 Å². The van der Waals surface area contributed by atoms with E-state index in [4.69, 9.17) is 0 Å². The lowest BCUT2D eigenvalue weighted by molar-refractivity contribution is -0.140. The molecule has 0 saturated carbocycles. The third-order valence-corrected chi connectivity index (χ3v) is 5.60. The number of rotatable bonds is 4. The van der Waals surface area contributed by atoms with Gasteiger partial charge >= 0.3 is 11.8 Å². The van der Waals surface area contributed by atoms with E-state index in [1.54, 1.807) is 0 Å². The Morgan fingerprint density at radius 2 is 1.79 bits per heavy atom. The minimum atomic E-state index is -0.569. The first kappa shape index (κ1) is 20.6. The van der Waals surface area contributed by atoms with Crippen molar-refractivity contribution in [1.82, 2.24) is 15.5 Å². The molecule has 1 fully saturated rings. The SMILES string of the molecule is CN1CCc2cc([C@@H](CNC(=O)C(=O)NC(C)(C)C)N3CCCCC3)ccc21. The predicted octanol–water partition coefficient (Wildman–Crippen LogP) is 2.24. The Hall–Kier alpha value is -2.08. The zero-order chi connectivity index (χ0) is 20.3. The van der Waals surface area contributed by atoms with E-state index < -0.39 is 17.4 Å². The van der Waals surface area contributed by atoms with Gasteiger partial charge in [-0.2, -0.15) is 0 Å². The van der Waals surface area contributed by atoms with E-state index in [1.165, 1.54) is 36.1 Å². The highest BCUT2D eigenvalue weighted by molar-refractivity contribution is 6.35. The summed E-state index contributed by atoms with van der Waals surface area (Å²) in [6.45, 7) is 9.18. The van der Waals surface area contributed by atoms with Crippen molar-refractivity contribution >= 4 is 17.5 Å². The van der Waals surface area contributed by atoms with Crippen LogP contribution < -0.4 is 15.5 Å². The molecule has 6 heteroatoms. The summed E-state index contributed by atoms with van der Waals surface area (Å²) in [5.74, 6) is -1.13. The van der Waals surface area contributed by atoms with Gasteiger partial charge in [0, 0.05) is 31.4 Å². The number of amides is 2. The monoisotopic (exact) mass is 386 g/mol. The lowest BCUT2D eigenvalue weighted by Crippen LogP contribution is -2.50. The Balaban J connectivity index is 1.73. The molecule has 1 aromatic rings. The van der Waals surface area contributed by atoms with Crippen molar-refractivity contribution in [3.05, 3.63) is 29.3 Å². The third kappa shape index (κ3) is 5.04. The van der Waals surface area contributed by atoms with Crippen molar-refractivity contribution in [2.24, 2.45) is 0 Å². The normalized spacial score (nSPS) is 18.5. The van der Waals surface area contributed by atoms with Crippen LogP contribution in [0.1, 0.15) is 57.2 Å². The molecule has 2 heterocycles. The van der Waals surface area contributed by atoms with E-state index in [0.29, 0.717) is 6.54 Å². The fraction of sp³-hybridized carbons (Fsp3) is 0.636. The van der Waals surface area contributed by atoms with E-state index in [2.05, 4.69) is 45.7 Å². The van der Waals surface area contributed by atoms with Gasteiger partial charge in [-0.25, -0.2) is 0 Å². The van der Waals surface area contributed by atoms with E-state index in [-0.39, 0.29) is 6.04 Å². The van der Waals surface area contributed by atoms with Crippen molar-refractivity contribution in [3.63, 3.8) is 0 Å². The van der Waals surface area contributed by atoms with Gasteiger partial charge in [-0.1, -0.05) is 18.6 Å². The number of likely N-dealkylation sites (N-methyl/N-ethyl adjacent to an activating group) is 1. The van der Waals surface area contributed by atoms with Crippen molar-refractivity contribution in [3.8, 4) is 0 Å². The molecule has 0 unspecified atom stereocenters. The van der Waals surface area contributed by atoms with E-state index >= 15 is 0 Å². The predicted molar refractivity (Wildman–Crippen MR) is 112 cm³/mol. The highest BCUT2D eigenvalue weighted by Crippen LogP contribution is 2.32. The quantitative estimate of drug-likeness (QED) is 0.779. The van der Waals surface area contributed by atoms with Gasteiger partial charge in [0.2, 0.25) is 0 Å². The van der Waals surface area contributed by atoms with Crippen LogP contribution in [0.25, 0.3) is 0 Å². The molecule has 154 valence electrons. The summed E-state index contributed by atoms with van der Waals surface area (Å²) in [6.07, 6.45) is 4.69. The lowest BCUT2D eigenvalue weighted by atomic mass is 9.98. The van der Waals surface area contributed by atoms with Crippen molar-refractivity contribution < 1.29 is 9.59 Å². The van der Waals surface area contributed by atoms with Crippen molar-refractivity contribution in [2.45, 2.75) is 58.0 Å². The molecule has 3 rings (SSSR count). The second kappa shape index (κ2) is 8.52. The van der Waals surface area contributed by atoms with E-state index in [1.807, 2.05) is 20.8 Å². The molecule has 0 spiro atoms. The van der Waals surface area contributed by atoms with Crippen LogP contribution in [0.5, 0.6) is 0 Å². The molecule has 28 heavy (non-hydrogen) atoms. The average Bonchev–Trinajstić information content (AvgIpc) is 3.02. The van der Waals surface area contributed by atoms with Gasteiger partial charge in [-0.15, -0.1) is 0 Å². The van der Waals surface area contributed by atoms with Gasteiger partial charge in [0.25, 0.3) is 0 Å². The summed E-state index contributed by atoms with van der Waals surface area (Å²) in [5, 5.41) is 5.61. The Morgan fingerprint density at radius 3 is 2.46 bits per heavy atom. The minimum absolute atomic E-state index is 0.0999. The highest BCUT2D eigenvalue weighted by atomic mass is 16.2. The molecular weight excluding hydrogens is 352 g/mol. The number of nitrogens with one attached hydrogen (secondary N) is 2. The number of likely N-dealkylation sites (tertiary alicyclic amines) is 1. The standard InChI is InChI=1S/C22H34N4O2/c1-22(2,3)24-21(28)20(27)23-15-19(26-11-6-5-7-12-26)16-8-9-18-17(14-16)10-13-25(18)4/h8-9,14,19H,5-7,10-13,15H2,1-4H3,(H,23,27)(H,24,28)/t19-/m1/s1. The van der Waals surface area contributed by atoms with Gasteiger partial charge in [0.15, 0.2) is 0 Å². The zero-order valence-electron chi connectivity index (χ0n) is 17.7. The first-order valence-electron chi connectivity index (χ1n) is 10.4. The maximum atomic E-state index is 12.3. The number of carbonyl (C=O) groups is 2. The molecule has 0 aromatic heterocycles. The molecule has 1 atom stereocenters. The lowest BCUT2D eigenvalue weighted by Gasteiger charge is -2.35. The second-order valence-corrected chi connectivity index (χ2v) is 9.09. The van der Waals surface area contributed by atoms with Gasteiger partial charge in [0.1, 0.15) is 0 Å². The number of piperidine rings is 1. The summed E-state index contributed by atoms with van der Waals surface area (Å²) < 4.78 is 0. The molecule has 2 aliphatic heterocycles. The first-order chi connectivity index (χ1) is 13.2. The Morgan fingerprint density at radius 1 is 1.07 bits per heavy atom. The molecular formula is C22H34N4O2. The topological polar surface area (TPSA) is 64.7 Å². The maximum Gasteiger partial charge on any atom is 0.309 e. The van der Waals surface area contributed by atoms with Gasteiger partial charge in [-0.3, -0.25) is 14.5 Å². The summed E-state index contributed by atoms with van der Waals surface area (Å²) in [7, 11) is 2.13. The van der Waals surface area contributed by atoms with E-state index in [0.717, 1.165) is 26.1 Å². The molecule has 0 radical (unpaired) electrons. The molecule has 2 N–H and O–H groups in total. The summed E-state index contributed by atoms with van der Waals surface area (Å²) in [6, 6.07) is 6.77. The third-order valence-electron chi connectivity index (χ3n) is 5.60. The average molecular weight is 387 g/mol. The largest absolute Gasteiger partial charge is 0.374 e. The molecule has 1 saturated heterocycles.